The monoisotopic (exact) mass is 425 g/mol. The number of rotatable bonds is 5. The zero-order valence-corrected chi connectivity index (χ0v) is 16.1. The molecule has 0 aliphatic heterocycles. The highest BCUT2D eigenvalue weighted by atomic mass is 35.5. The normalized spacial score (nSPS) is 12.1. The number of fused-ring (bicyclic) bond motifs is 1. The molecule has 0 saturated carbocycles. The highest BCUT2D eigenvalue weighted by Gasteiger charge is 2.26. The van der Waals surface area contributed by atoms with Crippen molar-refractivity contribution in [3.05, 3.63) is 58.1 Å². The first-order chi connectivity index (χ1) is 12.7. The molecule has 3 N–H and O–H groups in total. The van der Waals surface area contributed by atoms with Crippen molar-refractivity contribution in [2.24, 2.45) is 0 Å². The molecule has 140 valence electrons. The molecular formula is C17H12ClNO6S2. The van der Waals surface area contributed by atoms with Gasteiger partial charge < -0.3 is 10.2 Å². The minimum absolute atomic E-state index is 0.0888. The van der Waals surface area contributed by atoms with Gasteiger partial charge >= 0.3 is 11.9 Å². The first-order valence-corrected chi connectivity index (χ1v) is 9.67. The van der Waals surface area contributed by atoms with Gasteiger partial charge in [-0.3, -0.25) is 4.55 Å². The zero-order valence-electron chi connectivity index (χ0n) is 13.7. The lowest BCUT2D eigenvalue weighted by atomic mass is 10.1. The summed E-state index contributed by atoms with van der Waals surface area (Å²) >= 11 is 4.63. The van der Waals surface area contributed by atoms with E-state index in [1.54, 1.807) is 25.1 Å². The molecule has 7 nitrogen and oxygen atoms in total. The van der Waals surface area contributed by atoms with Gasteiger partial charge in [-0.2, -0.15) is 0 Å². The van der Waals surface area contributed by atoms with E-state index in [9.17, 15) is 23.5 Å². The Labute approximate surface area is 164 Å². The minimum Gasteiger partial charge on any atom is -0.478 e. The summed E-state index contributed by atoms with van der Waals surface area (Å²) in [5.41, 5.74) is -0.0699. The fraction of sp³-hybridized carbons (Fsp3) is 0.0588. The van der Waals surface area contributed by atoms with Crippen molar-refractivity contribution in [1.29, 1.82) is 0 Å². The molecule has 2 aromatic carbocycles. The molecule has 1 unspecified atom stereocenters. The van der Waals surface area contributed by atoms with Crippen molar-refractivity contribution in [2.75, 3.05) is 4.31 Å². The van der Waals surface area contributed by atoms with Crippen molar-refractivity contribution in [2.45, 2.75) is 6.92 Å². The third kappa shape index (κ3) is 3.54. The third-order valence-electron chi connectivity index (χ3n) is 3.91. The fourth-order valence-electron chi connectivity index (χ4n) is 2.66. The Kier molecular flexibility index (Phi) is 5.20. The van der Waals surface area contributed by atoms with Crippen LogP contribution in [0.25, 0.3) is 10.1 Å². The summed E-state index contributed by atoms with van der Waals surface area (Å²) in [4.78, 5) is 22.8. The summed E-state index contributed by atoms with van der Waals surface area (Å²) in [6.45, 7) is 1.73. The molecule has 0 radical (unpaired) electrons. The molecule has 3 rings (SSSR count). The Morgan fingerprint density at radius 3 is 2.41 bits per heavy atom. The van der Waals surface area contributed by atoms with Crippen LogP contribution in [0.4, 0.5) is 10.7 Å². The van der Waals surface area contributed by atoms with Crippen molar-refractivity contribution in [3.8, 4) is 0 Å². The van der Waals surface area contributed by atoms with Gasteiger partial charge in [-0.25, -0.2) is 18.1 Å². The quantitative estimate of drug-likeness (QED) is 0.517. The van der Waals surface area contributed by atoms with Gasteiger partial charge in [-0.05, 0) is 54.3 Å². The Bertz CT molecular complexity index is 1110. The van der Waals surface area contributed by atoms with Gasteiger partial charge in [0.1, 0.15) is 5.00 Å². The van der Waals surface area contributed by atoms with E-state index in [1.165, 1.54) is 23.5 Å². The summed E-state index contributed by atoms with van der Waals surface area (Å²) in [5, 5.41) is 20.2. The average molecular weight is 426 g/mol. The number of halogens is 1. The Morgan fingerprint density at radius 1 is 1.11 bits per heavy atom. The number of carbonyl (C=O) groups is 2. The Hall–Kier alpha value is -2.46. The Balaban J connectivity index is 2.26. The van der Waals surface area contributed by atoms with Crippen molar-refractivity contribution >= 4 is 66.9 Å². The number of benzene rings is 2. The molecule has 1 heterocycles. The second-order valence-corrected chi connectivity index (χ2v) is 7.83. The van der Waals surface area contributed by atoms with E-state index >= 15 is 0 Å². The van der Waals surface area contributed by atoms with Gasteiger partial charge in [-0.1, -0.05) is 11.6 Å². The van der Waals surface area contributed by atoms with E-state index in [4.69, 9.17) is 16.7 Å². The molecule has 0 fully saturated rings. The van der Waals surface area contributed by atoms with E-state index in [2.05, 4.69) is 0 Å². The van der Waals surface area contributed by atoms with Crippen LogP contribution in [0.3, 0.4) is 0 Å². The SMILES string of the molecule is Cc1c(N(c2ccc(C(=O)O)cc2C(=O)O)S(=O)O)sc2ccc(Cl)cc12. The van der Waals surface area contributed by atoms with Crippen LogP contribution in [0.15, 0.2) is 36.4 Å². The fourth-order valence-corrected chi connectivity index (χ4v) is 4.85. The number of nitrogens with zero attached hydrogens (tertiary/aromatic N) is 1. The summed E-state index contributed by atoms with van der Waals surface area (Å²) < 4.78 is 23.7. The van der Waals surface area contributed by atoms with E-state index in [0.29, 0.717) is 15.6 Å². The Morgan fingerprint density at radius 2 is 1.81 bits per heavy atom. The molecule has 1 atom stereocenters. The summed E-state index contributed by atoms with van der Waals surface area (Å²) in [7, 11) is 0. The van der Waals surface area contributed by atoms with Crippen LogP contribution in [-0.4, -0.2) is 30.9 Å². The van der Waals surface area contributed by atoms with Crippen LogP contribution in [0.5, 0.6) is 0 Å². The lowest BCUT2D eigenvalue weighted by molar-refractivity contribution is 0.0696. The van der Waals surface area contributed by atoms with Gasteiger partial charge in [-0.15, -0.1) is 11.3 Å². The topological polar surface area (TPSA) is 115 Å². The molecule has 0 saturated heterocycles. The molecule has 27 heavy (non-hydrogen) atoms. The molecular weight excluding hydrogens is 414 g/mol. The highest BCUT2D eigenvalue weighted by Crippen LogP contribution is 2.43. The van der Waals surface area contributed by atoms with Crippen LogP contribution in [0.2, 0.25) is 5.02 Å². The average Bonchev–Trinajstić information content (AvgIpc) is 2.91. The molecule has 0 spiro atoms. The number of hydrogen-bond acceptors (Lipinski definition) is 4. The maximum atomic E-state index is 12.1. The summed E-state index contributed by atoms with van der Waals surface area (Å²) in [5.74, 6) is -2.71. The van der Waals surface area contributed by atoms with Gasteiger partial charge in [0.15, 0.2) is 0 Å². The first kappa shape index (κ1) is 19.3. The largest absolute Gasteiger partial charge is 0.478 e. The molecule has 1 aromatic heterocycles. The van der Waals surface area contributed by atoms with E-state index in [0.717, 1.165) is 20.5 Å². The van der Waals surface area contributed by atoms with Crippen molar-refractivity contribution in [1.82, 2.24) is 0 Å². The molecule has 0 bridgehead atoms. The van der Waals surface area contributed by atoms with Crippen LogP contribution >= 0.6 is 22.9 Å². The number of carboxylic acids is 2. The number of hydrogen-bond donors (Lipinski definition) is 3. The predicted molar refractivity (Wildman–Crippen MR) is 105 cm³/mol. The minimum atomic E-state index is -2.59. The summed E-state index contributed by atoms with van der Waals surface area (Å²) in [6, 6.07) is 8.52. The second-order valence-electron chi connectivity index (χ2n) is 5.54. The zero-order chi connectivity index (χ0) is 19.9. The number of anilines is 2. The van der Waals surface area contributed by atoms with Crippen LogP contribution in [0, 0.1) is 6.92 Å². The summed E-state index contributed by atoms with van der Waals surface area (Å²) in [6.07, 6.45) is 0. The molecule has 0 aliphatic rings. The maximum absolute atomic E-state index is 12.1. The van der Waals surface area contributed by atoms with Gasteiger partial charge in [0.05, 0.1) is 16.8 Å². The number of carboxylic acid groups (broad SMARTS) is 2. The van der Waals surface area contributed by atoms with Crippen molar-refractivity contribution < 1.29 is 28.6 Å². The van der Waals surface area contributed by atoms with Crippen LogP contribution in [0.1, 0.15) is 26.3 Å². The molecule has 10 heteroatoms. The lowest BCUT2D eigenvalue weighted by Gasteiger charge is -2.21. The van der Waals surface area contributed by atoms with Crippen molar-refractivity contribution in [3.63, 3.8) is 0 Å². The van der Waals surface area contributed by atoms with E-state index < -0.39 is 28.8 Å². The van der Waals surface area contributed by atoms with Crippen LogP contribution < -0.4 is 4.31 Å². The van der Waals surface area contributed by atoms with Gasteiger partial charge in [0.2, 0.25) is 0 Å². The molecule has 3 aromatic rings. The third-order valence-corrected chi connectivity index (χ3v) is 6.21. The second kappa shape index (κ2) is 7.28. The number of aryl methyl sites for hydroxylation is 1. The van der Waals surface area contributed by atoms with Gasteiger partial charge in [0, 0.05) is 9.72 Å². The van der Waals surface area contributed by atoms with Crippen LogP contribution in [-0.2, 0) is 11.3 Å². The highest BCUT2D eigenvalue weighted by molar-refractivity contribution is 7.81. The standard InChI is InChI=1S/C17H12ClNO6S2/c1-8-11-7-10(18)3-5-14(11)26-15(8)19(27(24)25)13-4-2-9(16(20)21)6-12(13)17(22)23/h2-7H,1H3,(H,20,21)(H,22,23)(H,24,25). The first-order valence-electron chi connectivity index (χ1n) is 7.41. The smallest absolute Gasteiger partial charge is 0.337 e. The molecule has 0 aliphatic carbocycles. The molecule has 0 amide bonds. The van der Waals surface area contributed by atoms with E-state index in [-0.39, 0.29) is 11.3 Å². The number of thiophene rings is 1. The number of aromatic carboxylic acids is 2. The lowest BCUT2D eigenvalue weighted by Crippen LogP contribution is -2.22. The predicted octanol–water partition coefficient (Wildman–Crippen LogP) is 4.53. The van der Waals surface area contributed by atoms with Gasteiger partial charge in [0.25, 0.3) is 11.3 Å². The van der Waals surface area contributed by atoms with E-state index in [1.807, 2.05) is 0 Å². The maximum Gasteiger partial charge on any atom is 0.337 e.